The van der Waals surface area contributed by atoms with Crippen LogP contribution in [0.1, 0.15) is 33.8 Å². The Labute approximate surface area is 147 Å². The second kappa shape index (κ2) is 5.68. The van der Waals surface area contributed by atoms with Crippen LogP contribution in [-0.2, 0) is 6.42 Å². The van der Waals surface area contributed by atoms with Crippen molar-refractivity contribution in [1.82, 2.24) is 0 Å². The Morgan fingerprint density at radius 3 is 2.50 bits per heavy atom. The lowest BCUT2D eigenvalue weighted by atomic mass is 9.93. The highest BCUT2D eigenvalue weighted by atomic mass is 35.5. The quantitative estimate of drug-likeness (QED) is 0.513. The van der Waals surface area contributed by atoms with E-state index < -0.39 is 0 Å². The minimum atomic E-state index is 0.768. The second-order valence-electron chi connectivity index (χ2n) is 6.54. The number of halogens is 1. The summed E-state index contributed by atoms with van der Waals surface area (Å²) in [4.78, 5) is 0. The van der Waals surface area contributed by atoms with Gasteiger partial charge in [-0.15, -0.1) is 0 Å². The molecule has 2 heteroatoms. The van der Waals surface area contributed by atoms with Crippen LogP contribution in [0, 0.1) is 20.8 Å². The molecule has 0 unspecified atom stereocenters. The van der Waals surface area contributed by atoms with Crippen molar-refractivity contribution in [2.75, 3.05) is 0 Å². The van der Waals surface area contributed by atoms with E-state index >= 15 is 0 Å². The maximum atomic E-state index is 6.21. The standard InChI is InChI=1S/C22H19ClO/c1-13-7-8-16-10-18(21-9-14(2)15(3)24-21)12-20(16)22(13)17-5-4-6-19(23)11-17/h4-9,11-12H,10H2,1-3H3. The van der Waals surface area contributed by atoms with Gasteiger partial charge in [0, 0.05) is 11.4 Å². The molecule has 1 aliphatic rings. The van der Waals surface area contributed by atoms with Crippen LogP contribution in [0.4, 0.5) is 0 Å². The third kappa shape index (κ3) is 2.50. The molecule has 3 aromatic rings. The Kier molecular flexibility index (Phi) is 3.62. The normalized spacial score (nSPS) is 13.1. The lowest BCUT2D eigenvalue weighted by molar-refractivity contribution is 0.518. The Balaban J connectivity index is 1.87. The molecule has 120 valence electrons. The number of hydrogen-bond donors (Lipinski definition) is 0. The maximum absolute atomic E-state index is 6.21. The van der Waals surface area contributed by atoms with Crippen molar-refractivity contribution in [2.45, 2.75) is 27.2 Å². The molecule has 2 aromatic carbocycles. The van der Waals surface area contributed by atoms with E-state index in [4.69, 9.17) is 16.0 Å². The van der Waals surface area contributed by atoms with E-state index in [9.17, 15) is 0 Å². The predicted octanol–water partition coefficient (Wildman–Crippen LogP) is 6.62. The Morgan fingerprint density at radius 2 is 1.79 bits per heavy atom. The fourth-order valence-corrected chi connectivity index (χ4v) is 3.63. The highest BCUT2D eigenvalue weighted by molar-refractivity contribution is 6.30. The van der Waals surface area contributed by atoms with Gasteiger partial charge in [-0.05, 0) is 84.0 Å². The fraction of sp³-hybridized carbons (Fsp3) is 0.182. The van der Waals surface area contributed by atoms with Crippen LogP contribution in [-0.4, -0.2) is 0 Å². The summed E-state index contributed by atoms with van der Waals surface area (Å²) >= 11 is 6.21. The number of benzene rings is 2. The summed E-state index contributed by atoms with van der Waals surface area (Å²) in [6, 6.07) is 14.7. The van der Waals surface area contributed by atoms with Crippen LogP contribution in [0.25, 0.3) is 22.8 Å². The highest BCUT2D eigenvalue weighted by Crippen LogP contribution is 2.40. The van der Waals surface area contributed by atoms with Gasteiger partial charge in [0.15, 0.2) is 0 Å². The van der Waals surface area contributed by atoms with Gasteiger partial charge in [0.25, 0.3) is 0 Å². The molecule has 1 aromatic heterocycles. The molecule has 4 rings (SSSR count). The molecule has 1 heterocycles. The van der Waals surface area contributed by atoms with Crippen molar-refractivity contribution in [3.05, 3.63) is 81.3 Å². The predicted molar refractivity (Wildman–Crippen MR) is 101 cm³/mol. The number of rotatable bonds is 2. The van der Waals surface area contributed by atoms with Gasteiger partial charge in [0.1, 0.15) is 11.5 Å². The van der Waals surface area contributed by atoms with E-state index in [1.165, 1.54) is 39.0 Å². The molecule has 0 atom stereocenters. The molecule has 0 radical (unpaired) electrons. The summed E-state index contributed by atoms with van der Waals surface area (Å²) in [7, 11) is 0. The molecule has 1 aliphatic carbocycles. The highest BCUT2D eigenvalue weighted by Gasteiger charge is 2.21. The third-order valence-corrected chi connectivity index (χ3v) is 5.07. The molecule has 0 amide bonds. The van der Waals surface area contributed by atoms with Gasteiger partial charge in [-0.3, -0.25) is 0 Å². The lowest BCUT2D eigenvalue weighted by Crippen LogP contribution is -1.91. The SMILES string of the molecule is Cc1cc(C2=Cc3c(ccc(C)c3-c3cccc(Cl)c3)C2)oc1C. The van der Waals surface area contributed by atoms with Crippen LogP contribution in [0.5, 0.6) is 0 Å². The molecule has 0 saturated carbocycles. The largest absolute Gasteiger partial charge is 0.461 e. The van der Waals surface area contributed by atoms with Gasteiger partial charge in [-0.25, -0.2) is 0 Å². The molecular weight excluding hydrogens is 316 g/mol. The van der Waals surface area contributed by atoms with Gasteiger partial charge in [-0.1, -0.05) is 35.9 Å². The van der Waals surface area contributed by atoms with Crippen molar-refractivity contribution >= 4 is 23.3 Å². The average molecular weight is 335 g/mol. The van der Waals surface area contributed by atoms with Crippen LogP contribution in [0.2, 0.25) is 5.02 Å². The van der Waals surface area contributed by atoms with Gasteiger partial charge in [0.05, 0.1) is 0 Å². The first-order valence-corrected chi connectivity index (χ1v) is 8.57. The third-order valence-electron chi connectivity index (χ3n) is 4.84. The van der Waals surface area contributed by atoms with Crippen LogP contribution >= 0.6 is 11.6 Å². The van der Waals surface area contributed by atoms with Crippen molar-refractivity contribution in [2.24, 2.45) is 0 Å². The first-order chi connectivity index (χ1) is 11.5. The summed E-state index contributed by atoms with van der Waals surface area (Å²) in [5, 5.41) is 0.768. The van der Waals surface area contributed by atoms with Crippen molar-refractivity contribution in [3.63, 3.8) is 0 Å². The summed E-state index contributed by atoms with van der Waals surface area (Å²) in [5.41, 5.74) is 8.78. The van der Waals surface area contributed by atoms with Crippen molar-refractivity contribution in [3.8, 4) is 11.1 Å². The van der Waals surface area contributed by atoms with Gasteiger partial charge >= 0.3 is 0 Å². The smallest absolute Gasteiger partial charge is 0.130 e. The van der Waals surface area contributed by atoms with Crippen LogP contribution in [0.3, 0.4) is 0 Å². The molecule has 0 fully saturated rings. The first-order valence-electron chi connectivity index (χ1n) is 8.19. The molecular formula is C22H19ClO. The van der Waals surface area contributed by atoms with Crippen molar-refractivity contribution in [1.29, 1.82) is 0 Å². The number of aryl methyl sites for hydroxylation is 3. The molecule has 0 saturated heterocycles. The zero-order valence-electron chi connectivity index (χ0n) is 14.1. The van der Waals surface area contributed by atoms with E-state index in [1.807, 2.05) is 25.1 Å². The number of allylic oxidation sites excluding steroid dienone is 1. The van der Waals surface area contributed by atoms with E-state index in [1.54, 1.807) is 0 Å². The molecule has 0 aliphatic heterocycles. The number of hydrogen-bond acceptors (Lipinski definition) is 1. The molecule has 0 spiro atoms. The van der Waals surface area contributed by atoms with E-state index in [0.717, 1.165) is 23.0 Å². The molecule has 24 heavy (non-hydrogen) atoms. The van der Waals surface area contributed by atoms with E-state index in [2.05, 4.69) is 44.2 Å². The fourth-order valence-electron chi connectivity index (χ4n) is 3.44. The van der Waals surface area contributed by atoms with Crippen LogP contribution < -0.4 is 0 Å². The van der Waals surface area contributed by atoms with E-state index in [0.29, 0.717) is 0 Å². The van der Waals surface area contributed by atoms with Gasteiger partial charge in [0.2, 0.25) is 0 Å². The summed E-state index contributed by atoms with van der Waals surface area (Å²) in [6.07, 6.45) is 3.19. The molecule has 0 bridgehead atoms. The lowest BCUT2D eigenvalue weighted by Gasteiger charge is -2.12. The Bertz CT molecular complexity index is 956. The number of furan rings is 1. The molecule has 1 nitrogen and oxygen atoms in total. The van der Waals surface area contributed by atoms with Crippen molar-refractivity contribution < 1.29 is 4.42 Å². The van der Waals surface area contributed by atoms with Gasteiger partial charge < -0.3 is 4.42 Å². The second-order valence-corrected chi connectivity index (χ2v) is 6.97. The summed E-state index contributed by atoms with van der Waals surface area (Å²) in [5.74, 6) is 1.98. The average Bonchev–Trinajstić information content (AvgIpc) is 3.11. The first kappa shape index (κ1) is 15.3. The molecule has 0 N–H and O–H groups in total. The Morgan fingerprint density at radius 1 is 0.958 bits per heavy atom. The number of fused-ring (bicyclic) bond motifs is 1. The maximum Gasteiger partial charge on any atom is 0.130 e. The minimum absolute atomic E-state index is 0.768. The van der Waals surface area contributed by atoms with E-state index in [-0.39, 0.29) is 0 Å². The zero-order chi connectivity index (χ0) is 16.8. The summed E-state index contributed by atoms with van der Waals surface area (Å²) < 4.78 is 5.93. The minimum Gasteiger partial charge on any atom is -0.461 e. The topological polar surface area (TPSA) is 13.1 Å². The zero-order valence-corrected chi connectivity index (χ0v) is 14.9. The van der Waals surface area contributed by atoms with Crippen LogP contribution in [0.15, 0.2) is 46.9 Å². The monoisotopic (exact) mass is 334 g/mol. The Hall–Kier alpha value is -2.25. The summed E-state index contributed by atoms with van der Waals surface area (Å²) in [6.45, 7) is 6.26. The van der Waals surface area contributed by atoms with Gasteiger partial charge in [-0.2, -0.15) is 0 Å².